The van der Waals surface area contributed by atoms with Crippen LogP contribution in [0.25, 0.3) is 0 Å². The van der Waals surface area contributed by atoms with Gasteiger partial charge in [0, 0.05) is 17.2 Å². The molecule has 96 valence electrons. The zero-order valence-electron chi connectivity index (χ0n) is 11.1. The first-order valence-corrected chi connectivity index (χ1v) is 7.58. The van der Waals surface area contributed by atoms with Gasteiger partial charge in [-0.1, -0.05) is 27.7 Å². The molecule has 0 fully saturated rings. The molecule has 0 aromatic carbocycles. The molecule has 0 aliphatic heterocycles. The van der Waals surface area contributed by atoms with E-state index in [1.165, 1.54) is 10.4 Å². The molecule has 3 heteroatoms. The van der Waals surface area contributed by atoms with E-state index in [-0.39, 0.29) is 5.78 Å². The first-order chi connectivity index (χ1) is 8.02. The van der Waals surface area contributed by atoms with Gasteiger partial charge in [0.05, 0.1) is 4.88 Å². The van der Waals surface area contributed by atoms with E-state index in [1.54, 1.807) is 11.3 Å². The van der Waals surface area contributed by atoms with E-state index in [0.717, 1.165) is 17.7 Å². The van der Waals surface area contributed by atoms with Crippen LogP contribution in [0.1, 0.15) is 54.2 Å². The molecule has 1 nitrogen and oxygen atoms in total. The fraction of sp³-hybridized carbons (Fsp3) is 0.643. The van der Waals surface area contributed by atoms with Gasteiger partial charge in [0.25, 0.3) is 0 Å². The Bertz CT molecular complexity index is 367. The molecule has 0 spiro atoms. The smallest absolute Gasteiger partial charge is 0.173 e. The van der Waals surface area contributed by atoms with Gasteiger partial charge < -0.3 is 0 Å². The Morgan fingerprint density at radius 2 is 2.06 bits per heavy atom. The monoisotopic (exact) mass is 272 g/mol. The molecule has 0 radical (unpaired) electrons. The van der Waals surface area contributed by atoms with Gasteiger partial charge in [-0.2, -0.15) is 0 Å². The summed E-state index contributed by atoms with van der Waals surface area (Å²) in [6, 6.07) is 2.07. The number of carbonyl (C=O) groups is 1. The highest BCUT2D eigenvalue weighted by atomic mass is 35.5. The second kappa shape index (κ2) is 6.01. The maximum absolute atomic E-state index is 11.6. The summed E-state index contributed by atoms with van der Waals surface area (Å²) in [6.07, 6.45) is 2.68. The zero-order valence-corrected chi connectivity index (χ0v) is 12.7. The number of hydrogen-bond donors (Lipinski definition) is 0. The molecule has 0 atom stereocenters. The summed E-state index contributed by atoms with van der Waals surface area (Å²) < 4.78 is 0. The number of Topliss-reactive ketones (excluding diaryl/α,β-unsaturated/α-hetero) is 1. The molecular formula is C14H21ClOS. The zero-order chi connectivity index (χ0) is 13.1. The molecule has 17 heavy (non-hydrogen) atoms. The van der Waals surface area contributed by atoms with E-state index < -0.39 is 0 Å². The van der Waals surface area contributed by atoms with Crippen LogP contribution in [0.15, 0.2) is 6.07 Å². The van der Waals surface area contributed by atoms with Crippen LogP contribution in [0.3, 0.4) is 0 Å². The second-order valence-electron chi connectivity index (χ2n) is 4.94. The number of halogens is 1. The lowest BCUT2D eigenvalue weighted by atomic mass is 9.91. The Hall–Kier alpha value is -0.340. The number of hydrogen-bond acceptors (Lipinski definition) is 2. The minimum atomic E-state index is 0.196. The van der Waals surface area contributed by atoms with E-state index in [0.29, 0.717) is 17.7 Å². The number of alkyl halides is 1. The maximum Gasteiger partial charge on any atom is 0.173 e. The van der Waals surface area contributed by atoms with E-state index in [9.17, 15) is 4.79 Å². The molecule has 0 saturated carbocycles. The van der Waals surface area contributed by atoms with Gasteiger partial charge in [0.1, 0.15) is 0 Å². The van der Waals surface area contributed by atoms with Crippen molar-refractivity contribution in [3.8, 4) is 0 Å². The summed E-state index contributed by atoms with van der Waals surface area (Å²) in [4.78, 5) is 13.9. The summed E-state index contributed by atoms with van der Waals surface area (Å²) in [7, 11) is 0. The highest BCUT2D eigenvalue weighted by molar-refractivity contribution is 7.14. The SMILES string of the molecule is CC.CC1(C)Cc2cc(C(=O)CCCl)sc2C1. The van der Waals surface area contributed by atoms with Crippen molar-refractivity contribution >= 4 is 28.7 Å². The molecule has 1 heterocycles. The fourth-order valence-corrected chi connectivity index (χ4v) is 3.70. The Labute approximate surface area is 113 Å². The van der Waals surface area contributed by atoms with Crippen molar-refractivity contribution in [2.45, 2.75) is 47.0 Å². The van der Waals surface area contributed by atoms with E-state index in [2.05, 4.69) is 19.9 Å². The summed E-state index contributed by atoms with van der Waals surface area (Å²) in [6.45, 7) is 8.56. The third-order valence-electron chi connectivity index (χ3n) is 2.80. The normalized spacial score (nSPS) is 16.1. The molecule has 1 aromatic heterocycles. The molecule has 0 amide bonds. The third kappa shape index (κ3) is 3.56. The molecule has 0 saturated heterocycles. The van der Waals surface area contributed by atoms with E-state index in [1.807, 2.05) is 13.8 Å². The van der Waals surface area contributed by atoms with Gasteiger partial charge >= 0.3 is 0 Å². The van der Waals surface area contributed by atoms with Crippen LogP contribution in [0, 0.1) is 5.41 Å². The standard InChI is InChI=1S/C12H15ClOS.C2H6/c1-12(2)6-8-5-10(9(14)3-4-13)15-11(8)7-12;1-2/h5H,3-4,6-7H2,1-2H3;1-2H3. The fourth-order valence-electron chi connectivity index (χ4n) is 2.12. The quantitative estimate of drug-likeness (QED) is 0.575. The van der Waals surface area contributed by atoms with Gasteiger partial charge in [-0.25, -0.2) is 0 Å². The van der Waals surface area contributed by atoms with Crippen LogP contribution in [-0.2, 0) is 12.8 Å². The lowest BCUT2D eigenvalue weighted by Crippen LogP contribution is -2.10. The highest BCUT2D eigenvalue weighted by Gasteiger charge is 2.30. The molecule has 2 rings (SSSR count). The summed E-state index contributed by atoms with van der Waals surface area (Å²) in [5.74, 6) is 0.620. The van der Waals surface area contributed by atoms with Crippen molar-refractivity contribution in [1.29, 1.82) is 0 Å². The number of ketones is 1. The van der Waals surface area contributed by atoms with Gasteiger partial charge in [0.15, 0.2) is 5.78 Å². The van der Waals surface area contributed by atoms with Crippen molar-refractivity contribution in [3.05, 3.63) is 21.4 Å². The van der Waals surface area contributed by atoms with Gasteiger partial charge in [-0.05, 0) is 29.9 Å². The van der Waals surface area contributed by atoms with Crippen molar-refractivity contribution in [2.24, 2.45) is 5.41 Å². The summed E-state index contributed by atoms with van der Waals surface area (Å²) in [5.41, 5.74) is 1.76. The lowest BCUT2D eigenvalue weighted by molar-refractivity contribution is 0.0993. The molecule has 1 aliphatic rings. The first-order valence-electron chi connectivity index (χ1n) is 6.22. The third-order valence-corrected chi connectivity index (χ3v) is 4.21. The predicted octanol–water partition coefficient (Wildman–Crippen LogP) is 4.71. The van der Waals surface area contributed by atoms with E-state index in [4.69, 9.17) is 11.6 Å². The highest BCUT2D eigenvalue weighted by Crippen LogP contribution is 2.40. The number of fused-ring (bicyclic) bond motifs is 1. The van der Waals surface area contributed by atoms with Gasteiger partial charge in [0.2, 0.25) is 0 Å². The van der Waals surface area contributed by atoms with Crippen LogP contribution in [0.4, 0.5) is 0 Å². The van der Waals surface area contributed by atoms with Crippen LogP contribution < -0.4 is 0 Å². The largest absolute Gasteiger partial charge is 0.293 e. The molecule has 0 unspecified atom stereocenters. The summed E-state index contributed by atoms with van der Waals surface area (Å²) in [5, 5.41) is 0. The minimum absolute atomic E-state index is 0.196. The number of carbonyl (C=O) groups excluding carboxylic acids is 1. The van der Waals surface area contributed by atoms with Crippen molar-refractivity contribution in [2.75, 3.05) is 5.88 Å². The maximum atomic E-state index is 11.6. The molecule has 0 bridgehead atoms. The van der Waals surface area contributed by atoms with Gasteiger partial charge in [-0.3, -0.25) is 4.79 Å². The summed E-state index contributed by atoms with van der Waals surface area (Å²) >= 11 is 7.23. The van der Waals surface area contributed by atoms with Crippen LogP contribution in [0.5, 0.6) is 0 Å². The van der Waals surface area contributed by atoms with Crippen molar-refractivity contribution < 1.29 is 4.79 Å². The second-order valence-corrected chi connectivity index (χ2v) is 6.45. The Morgan fingerprint density at radius 3 is 2.59 bits per heavy atom. The molecular weight excluding hydrogens is 252 g/mol. The van der Waals surface area contributed by atoms with Gasteiger partial charge in [-0.15, -0.1) is 22.9 Å². The molecule has 1 aliphatic carbocycles. The predicted molar refractivity (Wildman–Crippen MR) is 76.5 cm³/mol. The minimum Gasteiger partial charge on any atom is -0.293 e. The number of rotatable bonds is 3. The lowest BCUT2D eigenvalue weighted by Gasteiger charge is -2.15. The molecule has 0 N–H and O–H groups in total. The Morgan fingerprint density at radius 1 is 1.41 bits per heavy atom. The topological polar surface area (TPSA) is 17.1 Å². The van der Waals surface area contributed by atoms with Crippen molar-refractivity contribution in [1.82, 2.24) is 0 Å². The number of thiophene rings is 1. The average Bonchev–Trinajstić information content (AvgIpc) is 2.74. The molecule has 1 aromatic rings. The van der Waals surface area contributed by atoms with Crippen LogP contribution >= 0.6 is 22.9 Å². The van der Waals surface area contributed by atoms with Crippen molar-refractivity contribution in [3.63, 3.8) is 0 Å². The first kappa shape index (κ1) is 14.7. The average molecular weight is 273 g/mol. The van der Waals surface area contributed by atoms with Crippen LogP contribution in [0.2, 0.25) is 0 Å². The van der Waals surface area contributed by atoms with E-state index >= 15 is 0 Å². The Kier molecular flexibility index (Phi) is 5.21. The Balaban J connectivity index is 0.000000686. The van der Waals surface area contributed by atoms with Crippen LogP contribution in [-0.4, -0.2) is 11.7 Å².